The molecule has 0 aromatic heterocycles. The Labute approximate surface area is 194 Å². The van der Waals surface area contributed by atoms with Crippen LogP contribution in [0.3, 0.4) is 0 Å². The minimum atomic E-state index is 0. The first kappa shape index (κ1) is 32.2. The topological polar surface area (TPSA) is 32.3 Å². The summed E-state index contributed by atoms with van der Waals surface area (Å²) in [5.41, 5.74) is 2.86. The van der Waals surface area contributed by atoms with E-state index in [1.54, 1.807) is 6.41 Å². The van der Waals surface area contributed by atoms with Gasteiger partial charge in [0, 0.05) is 0 Å². The number of para-hydroxylation sites is 1. The maximum atomic E-state index is 10.3. The van der Waals surface area contributed by atoms with Crippen LogP contribution in [0.2, 0.25) is 0 Å². The molecule has 0 saturated carbocycles. The second-order valence-electron chi connectivity index (χ2n) is 5.31. The van der Waals surface area contributed by atoms with E-state index in [1.165, 1.54) is 25.9 Å². The van der Waals surface area contributed by atoms with Crippen LogP contribution in [0.25, 0.3) is 11.1 Å². The van der Waals surface area contributed by atoms with Gasteiger partial charge < -0.3 is 21.4 Å². The van der Waals surface area contributed by atoms with E-state index in [2.05, 4.69) is 23.7 Å². The van der Waals surface area contributed by atoms with Crippen LogP contribution >= 0.6 is 0 Å². The molecule has 1 aliphatic heterocycles. The third kappa shape index (κ3) is 15.1. The Bertz CT molecular complexity index is 570. The van der Waals surface area contributed by atoms with Crippen molar-refractivity contribution in [2.45, 2.75) is 54.4 Å². The molecular formula is C25H40N2OW. The first-order valence-electron chi connectivity index (χ1n) is 10.6. The van der Waals surface area contributed by atoms with Crippen molar-refractivity contribution in [1.82, 2.24) is 4.90 Å². The molecule has 0 atom stereocenters. The van der Waals surface area contributed by atoms with Gasteiger partial charge in [0.1, 0.15) is 0 Å². The van der Waals surface area contributed by atoms with E-state index in [1.807, 2.05) is 96.1 Å². The molecule has 0 unspecified atom stereocenters. The summed E-state index contributed by atoms with van der Waals surface area (Å²) in [5.74, 6) is 0. The van der Waals surface area contributed by atoms with E-state index in [0.29, 0.717) is 0 Å². The van der Waals surface area contributed by atoms with Gasteiger partial charge in [-0.3, -0.25) is 0 Å². The maximum absolute atomic E-state index is 10.3. The van der Waals surface area contributed by atoms with E-state index in [4.69, 9.17) is 0 Å². The molecule has 1 N–H and O–H groups in total. The fourth-order valence-corrected chi connectivity index (χ4v) is 2.40. The molecular weight excluding hydrogens is 528 g/mol. The summed E-state index contributed by atoms with van der Waals surface area (Å²) in [6.07, 6.45) is 6.63. The molecule has 3 nitrogen and oxygen atoms in total. The number of rotatable bonds is 3. The standard InChI is InChI=1S/C13H10NO.C6H12N.3C2H6.W/c15-10-14-13-9-5-4-8-12(13)11-6-2-1-3-7-11;1-7-5-3-2-4-6-7;3*1-2;/h1-9H,(H,14,15);2H,3-6H2,1H3;3*1-2H3;/q2*-1;;;;+2. The Morgan fingerprint density at radius 1 is 0.828 bits per heavy atom. The molecule has 1 heterocycles. The van der Waals surface area contributed by atoms with E-state index in [9.17, 15) is 4.79 Å². The number of hydrogen-bond donors (Lipinski definition) is 1. The Morgan fingerprint density at radius 2 is 1.31 bits per heavy atom. The van der Waals surface area contributed by atoms with E-state index in [0.717, 1.165) is 16.8 Å². The molecule has 0 radical (unpaired) electrons. The summed E-state index contributed by atoms with van der Waals surface area (Å²) in [4.78, 5) is 12.7. The number of likely N-dealkylation sites (tertiary alicyclic amines) is 1. The smallest absolute Gasteiger partial charge is 0.490 e. The summed E-state index contributed by atoms with van der Waals surface area (Å²) in [5, 5.41) is 2.57. The molecule has 29 heavy (non-hydrogen) atoms. The number of nitrogens with one attached hydrogen (secondary N) is 1. The van der Waals surface area contributed by atoms with Gasteiger partial charge in [-0.2, -0.15) is 12.8 Å². The van der Waals surface area contributed by atoms with Crippen LogP contribution in [0, 0.1) is 6.42 Å². The summed E-state index contributed by atoms with van der Waals surface area (Å²) >= 11 is 0. The Hall–Kier alpha value is -1.44. The maximum Gasteiger partial charge on any atom is 2.00 e. The quantitative estimate of drug-likeness (QED) is 0.326. The van der Waals surface area contributed by atoms with Gasteiger partial charge >= 0.3 is 21.1 Å². The molecule has 1 amide bonds. The van der Waals surface area contributed by atoms with Gasteiger partial charge in [0.15, 0.2) is 0 Å². The Kier molecular flexibility index (Phi) is 27.3. The van der Waals surface area contributed by atoms with Crippen molar-refractivity contribution in [3.8, 4) is 11.1 Å². The number of carbonyl (C=O) groups excluding carboxylic acids is 1. The number of anilines is 1. The number of amides is 1. The molecule has 0 aliphatic carbocycles. The Balaban J connectivity index is -0.000000409. The molecule has 1 fully saturated rings. The van der Waals surface area contributed by atoms with Crippen LogP contribution in [0.4, 0.5) is 5.69 Å². The summed E-state index contributed by atoms with van der Waals surface area (Å²) in [7, 11) is 2.17. The second-order valence-corrected chi connectivity index (χ2v) is 5.31. The first-order chi connectivity index (χ1) is 13.8. The minimum absolute atomic E-state index is 0. The number of hydrogen-bond acceptors (Lipinski definition) is 2. The molecule has 0 spiro atoms. The monoisotopic (exact) mass is 568 g/mol. The average Bonchev–Trinajstić information content (AvgIpc) is 2.80. The fourth-order valence-electron chi connectivity index (χ4n) is 2.40. The molecule has 2 aromatic rings. The van der Waals surface area contributed by atoms with Gasteiger partial charge in [0.2, 0.25) is 0 Å². The second kappa shape index (κ2) is 24.6. The van der Waals surface area contributed by atoms with Crippen molar-refractivity contribution in [2.24, 2.45) is 0 Å². The fraction of sp³-hybridized carbons (Fsp3) is 0.440. The van der Waals surface area contributed by atoms with Crippen molar-refractivity contribution in [3.05, 3.63) is 61.0 Å². The van der Waals surface area contributed by atoms with E-state index < -0.39 is 0 Å². The third-order valence-corrected chi connectivity index (χ3v) is 3.63. The molecule has 0 bridgehead atoms. The zero-order valence-corrected chi connectivity index (χ0v) is 22.3. The van der Waals surface area contributed by atoms with Crippen LogP contribution in [-0.4, -0.2) is 31.4 Å². The molecule has 1 aliphatic rings. The van der Waals surface area contributed by atoms with Gasteiger partial charge in [0.05, 0.1) is 6.41 Å². The van der Waals surface area contributed by atoms with Gasteiger partial charge in [-0.15, -0.1) is 11.8 Å². The van der Waals surface area contributed by atoms with Gasteiger partial charge in [-0.25, -0.2) is 0 Å². The molecule has 1 saturated heterocycles. The molecule has 162 valence electrons. The summed E-state index contributed by atoms with van der Waals surface area (Å²) in [6, 6.07) is 17.6. The number of piperidine rings is 1. The van der Waals surface area contributed by atoms with Crippen LogP contribution < -0.4 is 5.32 Å². The zero-order valence-electron chi connectivity index (χ0n) is 19.4. The Morgan fingerprint density at radius 3 is 1.76 bits per heavy atom. The van der Waals surface area contributed by atoms with Gasteiger partial charge in [0.25, 0.3) is 0 Å². The van der Waals surface area contributed by atoms with Crippen LogP contribution in [0.15, 0.2) is 54.6 Å². The third-order valence-electron chi connectivity index (χ3n) is 3.63. The summed E-state index contributed by atoms with van der Waals surface area (Å²) < 4.78 is 0. The molecule has 4 heteroatoms. The normalized spacial score (nSPS) is 11.7. The van der Waals surface area contributed by atoms with Gasteiger partial charge in [-0.05, 0) is 25.7 Å². The predicted molar refractivity (Wildman–Crippen MR) is 126 cm³/mol. The van der Waals surface area contributed by atoms with Crippen molar-refractivity contribution < 1.29 is 25.9 Å². The first-order valence-corrected chi connectivity index (χ1v) is 10.6. The number of nitrogens with zero attached hydrogens (tertiary/aromatic N) is 1. The minimum Gasteiger partial charge on any atom is -0.490 e. The van der Waals surface area contributed by atoms with E-state index >= 15 is 0 Å². The van der Waals surface area contributed by atoms with Crippen LogP contribution in [0.1, 0.15) is 54.4 Å². The largest absolute Gasteiger partial charge is 2.00 e. The molecule has 2 aromatic carbocycles. The zero-order chi connectivity index (χ0) is 21.6. The van der Waals surface area contributed by atoms with Crippen molar-refractivity contribution in [2.75, 3.05) is 25.5 Å². The van der Waals surface area contributed by atoms with Crippen LogP contribution in [-0.2, 0) is 25.9 Å². The van der Waals surface area contributed by atoms with E-state index in [-0.39, 0.29) is 21.1 Å². The predicted octanol–water partition coefficient (Wildman–Crippen LogP) is 6.83. The van der Waals surface area contributed by atoms with Gasteiger partial charge in [-0.1, -0.05) is 95.6 Å². The SMILES string of the molecule is CC.CC.CC.CN1CC[CH-]CC1.O=[C-]Nc1ccccc1-c1ccccc1.[W+2]. The van der Waals surface area contributed by atoms with Crippen molar-refractivity contribution in [1.29, 1.82) is 0 Å². The van der Waals surface area contributed by atoms with Crippen molar-refractivity contribution in [3.63, 3.8) is 0 Å². The average molecular weight is 568 g/mol. The van der Waals surface area contributed by atoms with Crippen LogP contribution in [0.5, 0.6) is 0 Å². The molecule has 3 rings (SSSR count). The summed E-state index contributed by atoms with van der Waals surface area (Å²) in [6.45, 7) is 14.5. The number of benzene rings is 2. The van der Waals surface area contributed by atoms with Crippen molar-refractivity contribution >= 4 is 12.1 Å².